The van der Waals surface area contributed by atoms with E-state index >= 15 is 0 Å². The van der Waals surface area contributed by atoms with Gasteiger partial charge in [-0.1, -0.05) is 98.3 Å². The van der Waals surface area contributed by atoms with Gasteiger partial charge >= 0.3 is 0 Å². The summed E-state index contributed by atoms with van der Waals surface area (Å²) < 4.78 is 0. The summed E-state index contributed by atoms with van der Waals surface area (Å²) in [5.74, 6) is 2.08. The molecule has 0 amide bonds. The molecule has 1 heterocycles. The van der Waals surface area contributed by atoms with E-state index in [4.69, 9.17) is 0 Å². The Balaban J connectivity index is 1.28. The molecule has 0 nitrogen and oxygen atoms in total. The van der Waals surface area contributed by atoms with Crippen LogP contribution in [0.4, 0.5) is 0 Å². The van der Waals surface area contributed by atoms with Gasteiger partial charge in [-0.2, -0.15) is 11.8 Å². The molecule has 5 aliphatic rings. The zero-order valence-electron chi connectivity index (χ0n) is 24.3. The van der Waals surface area contributed by atoms with Gasteiger partial charge < -0.3 is 0 Å². The molecule has 1 heteroatoms. The summed E-state index contributed by atoms with van der Waals surface area (Å²) in [6.45, 7) is 11.0. The fourth-order valence-corrected chi connectivity index (χ4v) is 12.6. The molecule has 0 aromatic rings. The van der Waals surface area contributed by atoms with Crippen molar-refractivity contribution in [3.63, 3.8) is 0 Å². The van der Waals surface area contributed by atoms with Crippen LogP contribution in [0.2, 0.25) is 0 Å². The monoisotopic (exact) mass is 500 g/mol. The van der Waals surface area contributed by atoms with Crippen molar-refractivity contribution < 1.29 is 0 Å². The molecule has 1 aliphatic heterocycles. The maximum Gasteiger partial charge on any atom is 0.00866 e. The first kappa shape index (κ1) is 26.9. The van der Waals surface area contributed by atoms with Crippen LogP contribution in [-0.4, -0.2) is 10.5 Å². The summed E-state index contributed by atoms with van der Waals surface area (Å²) in [5, 5.41) is 1.96. The second-order valence-corrected chi connectivity index (χ2v) is 17.0. The molecular formula is C34H60S. The van der Waals surface area contributed by atoms with Crippen molar-refractivity contribution in [2.45, 2.75) is 179 Å². The van der Waals surface area contributed by atoms with E-state index in [2.05, 4.69) is 39.5 Å². The SMILES string of the molecule is CC1(C2(C)CCC3SC4CC(C)(C5(C)CCCCCCC5)CCCC4C3CC2)CCCCCCC1. The Morgan fingerprint density at radius 2 is 0.829 bits per heavy atom. The first-order valence-electron chi connectivity index (χ1n) is 16.4. The van der Waals surface area contributed by atoms with E-state index < -0.39 is 0 Å². The van der Waals surface area contributed by atoms with E-state index in [1.54, 1.807) is 19.3 Å². The average molecular weight is 501 g/mol. The minimum Gasteiger partial charge on any atom is -0.155 e. The van der Waals surface area contributed by atoms with Gasteiger partial charge in [-0.05, 0) is 104 Å². The number of fused-ring (bicyclic) bond motifs is 3. The van der Waals surface area contributed by atoms with E-state index in [9.17, 15) is 0 Å². The summed E-state index contributed by atoms with van der Waals surface area (Å²) in [4.78, 5) is 0. The molecular weight excluding hydrogens is 440 g/mol. The third-order valence-corrected chi connectivity index (χ3v) is 15.4. The van der Waals surface area contributed by atoms with Crippen LogP contribution in [0, 0.1) is 33.5 Å². The molecule has 6 atom stereocenters. The highest BCUT2D eigenvalue weighted by molar-refractivity contribution is 8.00. The molecule has 0 radical (unpaired) electrons. The molecule has 0 aromatic carbocycles. The Morgan fingerprint density at radius 1 is 0.400 bits per heavy atom. The van der Waals surface area contributed by atoms with Crippen molar-refractivity contribution in [1.29, 1.82) is 0 Å². The fraction of sp³-hybridized carbons (Fsp3) is 1.00. The van der Waals surface area contributed by atoms with Crippen LogP contribution in [0.3, 0.4) is 0 Å². The highest BCUT2D eigenvalue weighted by atomic mass is 32.2. The van der Waals surface area contributed by atoms with Crippen molar-refractivity contribution in [2.24, 2.45) is 33.5 Å². The lowest BCUT2D eigenvalue weighted by Gasteiger charge is -2.49. The second kappa shape index (κ2) is 10.8. The number of thioether (sulfide) groups is 1. The molecule has 202 valence electrons. The highest BCUT2D eigenvalue weighted by Gasteiger charge is 2.54. The average Bonchev–Trinajstić information content (AvgIpc) is 2.90. The predicted molar refractivity (Wildman–Crippen MR) is 156 cm³/mol. The predicted octanol–water partition coefficient (Wildman–Crippen LogP) is 11.4. The molecule has 0 bridgehead atoms. The molecule has 5 fully saturated rings. The molecule has 0 N–H and O–H groups in total. The second-order valence-electron chi connectivity index (χ2n) is 15.5. The third kappa shape index (κ3) is 5.30. The molecule has 35 heavy (non-hydrogen) atoms. The Kier molecular flexibility index (Phi) is 8.35. The van der Waals surface area contributed by atoms with Gasteiger partial charge in [0.05, 0.1) is 0 Å². The van der Waals surface area contributed by atoms with Crippen molar-refractivity contribution in [3.8, 4) is 0 Å². The highest BCUT2D eigenvalue weighted by Crippen LogP contribution is 2.64. The van der Waals surface area contributed by atoms with E-state index in [1.165, 1.54) is 122 Å². The number of hydrogen-bond donors (Lipinski definition) is 0. The standard InChI is InChI=1S/C34H60S/c1-31(19-11-7-5-8-12-20-31)33(3)24-17-28-27-16-15-23-34(4,26-30(27)35-29(28)18-25-33)32(2)21-13-9-6-10-14-22-32/h27-30H,5-26H2,1-4H3. The lowest BCUT2D eigenvalue weighted by molar-refractivity contribution is 0.0208. The molecule has 6 unspecified atom stereocenters. The van der Waals surface area contributed by atoms with E-state index in [1.807, 2.05) is 0 Å². The van der Waals surface area contributed by atoms with Gasteiger partial charge in [0.1, 0.15) is 0 Å². The van der Waals surface area contributed by atoms with Crippen LogP contribution in [0.5, 0.6) is 0 Å². The van der Waals surface area contributed by atoms with Gasteiger partial charge in [-0.25, -0.2) is 0 Å². The molecule has 4 saturated carbocycles. The zero-order chi connectivity index (χ0) is 24.6. The zero-order valence-corrected chi connectivity index (χ0v) is 25.1. The molecule has 0 aromatic heterocycles. The summed E-state index contributed by atoms with van der Waals surface area (Å²) in [6, 6.07) is 0. The van der Waals surface area contributed by atoms with Crippen molar-refractivity contribution >= 4 is 11.8 Å². The lowest BCUT2D eigenvalue weighted by atomic mass is 9.57. The molecule has 0 spiro atoms. The normalized spacial score (nSPS) is 44.9. The lowest BCUT2D eigenvalue weighted by Crippen LogP contribution is -2.40. The van der Waals surface area contributed by atoms with E-state index in [-0.39, 0.29) is 0 Å². The van der Waals surface area contributed by atoms with Gasteiger partial charge in [0.15, 0.2) is 0 Å². The first-order valence-corrected chi connectivity index (χ1v) is 17.4. The van der Waals surface area contributed by atoms with Gasteiger partial charge in [0, 0.05) is 10.5 Å². The first-order chi connectivity index (χ1) is 16.8. The Morgan fingerprint density at radius 3 is 1.43 bits per heavy atom. The Hall–Kier alpha value is 0.350. The van der Waals surface area contributed by atoms with Crippen LogP contribution in [0.15, 0.2) is 0 Å². The van der Waals surface area contributed by atoms with Crippen LogP contribution in [0.25, 0.3) is 0 Å². The van der Waals surface area contributed by atoms with Gasteiger partial charge in [0.25, 0.3) is 0 Å². The fourth-order valence-electron chi connectivity index (χ4n) is 10.3. The van der Waals surface area contributed by atoms with E-state index in [0.29, 0.717) is 21.7 Å². The van der Waals surface area contributed by atoms with Crippen LogP contribution >= 0.6 is 11.8 Å². The van der Waals surface area contributed by atoms with Crippen molar-refractivity contribution in [1.82, 2.24) is 0 Å². The maximum absolute atomic E-state index is 2.76. The Bertz CT molecular complexity index is 681. The quantitative estimate of drug-likeness (QED) is 0.363. The smallest absolute Gasteiger partial charge is 0.00866 e. The van der Waals surface area contributed by atoms with Crippen LogP contribution in [0.1, 0.15) is 169 Å². The van der Waals surface area contributed by atoms with Crippen LogP contribution in [-0.2, 0) is 0 Å². The summed E-state index contributed by atoms with van der Waals surface area (Å²) in [7, 11) is 0. The van der Waals surface area contributed by atoms with Gasteiger partial charge in [0.2, 0.25) is 0 Å². The van der Waals surface area contributed by atoms with Crippen molar-refractivity contribution in [3.05, 3.63) is 0 Å². The number of rotatable bonds is 2. The van der Waals surface area contributed by atoms with Crippen LogP contribution < -0.4 is 0 Å². The molecule has 1 saturated heterocycles. The van der Waals surface area contributed by atoms with Gasteiger partial charge in [-0.3, -0.25) is 0 Å². The number of hydrogen-bond acceptors (Lipinski definition) is 1. The minimum absolute atomic E-state index is 0.584. The summed E-state index contributed by atoms with van der Waals surface area (Å²) in [6.07, 6.45) is 33.3. The van der Waals surface area contributed by atoms with E-state index in [0.717, 1.165) is 22.3 Å². The molecule has 4 aliphatic carbocycles. The summed E-state index contributed by atoms with van der Waals surface area (Å²) >= 11 is 2.53. The molecule has 5 rings (SSSR count). The topological polar surface area (TPSA) is 0 Å². The Labute approximate surface area is 224 Å². The maximum atomic E-state index is 2.76. The minimum atomic E-state index is 0.584. The van der Waals surface area contributed by atoms with Gasteiger partial charge in [-0.15, -0.1) is 0 Å². The largest absolute Gasteiger partial charge is 0.155 e. The van der Waals surface area contributed by atoms with Crippen molar-refractivity contribution in [2.75, 3.05) is 0 Å². The third-order valence-electron chi connectivity index (χ3n) is 13.6. The summed E-state index contributed by atoms with van der Waals surface area (Å²) in [5.41, 5.74) is 2.38.